The Kier molecular flexibility index (Phi) is 4.86. The van der Waals surface area contributed by atoms with Crippen LogP contribution >= 0.6 is 22.9 Å². The van der Waals surface area contributed by atoms with E-state index in [-0.39, 0.29) is 5.56 Å². The molecule has 6 heteroatoms. The van der Waals surface area contributed by atoms with Crippen LogP contribution in [0.1, 0.15) is 26.1 Å². The molecule has 2 aromatic heterocycles. The van der Waals surface area contributed by atoms with E-state index in [2.05, 4.69) is 23.7 Å². The summed E-state index contributed by atoms with van der Waals surface area (Å²) in [7, 11) is 0. The number of rotatable bonds is 3. The van der Waals surface area contributed by atoms with Crippen molar-refractivity contribution in [1.29, 1.82) is 0 Å². The molecule has 0 bridgehead atoms. The lowest BCUT2D eigenvalue weighted by Crippen LogP contribution is -2.38. The average molecular weight is 388 g/mol. The van der Waals surface area contributed by atoms with Crippen molar-refractivity contribution in [2.24, 2.45) is 11.8 Å². The van der Waals surface area contributed by atoms with Crippen LogP contribution in [0.2, 0.25) is 5.02 Å². The average Bonchev–Trinajstić information content (AvgIpc) is 2.99. The van der Waals surface area contributed by atoms with Crippen LogP contribution in [0.3, 0.4) is 0 Å². The molecule has 4 nitrogen and oxygen atoms in total. The monoisotopic (exact) mass is 387 g/mol. The molecular formula is C20H22ClN3OS. The Morgan fingerprint density at radius 3 is 2.62 bits per heavy atom. The predicted octanol–water partition coefficient (Wildman–Crippen LogP) is 4.78. The number of halogens is 1. The van der Waals surface area contributed by atoms with E-state index in [4.69, 9.17) is 16.6 Å². The van der Waals surface area contributed by atoms with Gasteiger partial charge < -0.3 is 4.98 Å². The van der Waals surface area contributed by atoms with Gasteiger partial charge in [-0.1, -0.05) is 37.6 Å². The topological polar surface area (TPSA) is 49.0 Å². The van der Waals surface area contributed by atoms with E-state index >= 15 is 0 Å². The summed E-state index contributed by atoms with van der Waals surface area (Å²) in [4.78, 5) is 23.7. The second-order valence-electron chi connectivity index (χ2n) is 7.49. The first kappa shape index (κ1) is 17.7. The van der Waals surface area contributed by atoms with E-state index in [0.29, 0.717) is 28.8 Å². The standard InChI is InChI=1S/C20H22ClN3OS/c1-12-7-13(2)9-24(8-12)10-17-22-19(25)18-16(11-26-20(18)23-17)14-3-5-15(21)6-4-14/h3-6,11-13H,7-10H2,1-2H3,(H,22,23,25)/t12-,13-/m1/s1. The molecule has 0 spiro atoms. The van der Waals surface area contributed by atoms with Crippen molar-refractivity contribution >= 4 is 33.2 Å². The number of nitrogens with zero attached hydrogens (tertiary/aromatic N) is 2. The molecule has 0 saturated carbocycles. The summed E-state index contributed by atoms with van der Waals surface area (Å²) in [6.45, 7) is 7.41. The van der Waals surface area contributed by atoms with Crippen molar-refractivity contribution in [2.45, 2.75) is 26.8 Å². The maximum atomic E-state index is 12.8. The first-order valence-corrected chi connectivity index (χ1v) is 10.2. The van der Waals surface area contributed by atoms with Crippen LogP contribution in [-0.4, -0.2) is 28.0 Å². The Labute approximate surface area is 161 Å². The zero-order chi connectivity index (χ0) is 18.3. The molecule has 3 heterocycles. The van der Waals surface area contributed by atoms with E-state index < -0.39 is 0 Å². The molecule has 0 aliphatic carbocycles. The zero-order valence-corrected chi connectivity index (χ0v) is 16.5. The molecule has 0 amide bonds. The molecular weight excluding hydrogens is 366 g/mol. The van der Waals surface area contributed by atoms with Crippen LogP contribution in [0.4, 0.5) is 0 Å². The number of fused-ring (bicyclic) bond motifs is 1. The molecule has 1 aliphatic rings. The number of hydrogen-bond donors (Lipinski definition) is 1. The first-order valence-electron chi connectivity index (χ1n) is 8.98. The fourth-order valence-corrected chi connectivity index (χ4v) is 5.14. The highest BCUT2D eigenvalue weighted by Crippen LogP contribution is 2.31. The fraction of sp³-hybridized carbons (Fsp3) is 0.400. The summed E-state index contributed by atoms with van der Waals surface area (Å²) in [6.07, 6.45) is 1.27. The molecule has 3 aromatic rings. The van der Waals surface area contributed by atoms with E-state index in [1.165, 1.54) is 17.8 Å². The third kappa shape index (κ3) is 3.56. The van der Waals surface area contributed by atoms with Crippen molar-refractivity contribution in [1.82, 2.24) is 14.9 Å². The van der Waals surface area contributed by atoms with Gasteiger partial charge in [0.15, 0.2) is 0 Å². The van der Waals surface area contributed by atoms with Gasteiger partial charge in [0, 0.05) is 29.1 Å². The van der Waals surface area contributed by atoms with Crippen LogP contribution < -0.4 is 5.56 Å². The molecule has 1 aromatic carbocycles. The molecule has 1 fully saturated rings. The van der Waals surface area contributed by atoms with Gasteiger partial charge in [0.05, 0.1) is 11.9 Å². The van der Waals surface area contributed by atoms with Gasteiger partial charge in [0.25, 0.3) is 5.56 Å². The molecule has 4 rings (SSSR count). The number of thiophene rings is 1. The van der Waals surface area contributed by atoms with Gasteiger partial charge in [-0.15, -0.1) is 11.3 Å². The van der Waals surface area contributed by atoms with Crippen molar-refractivity contribution in [2.75, 3.05) is 13.1 Å². The van der Waals surface area contributed by atoms with Gasteiger partial charge in [-0.3, -0.25) is 9.69 Å². The number of likely N-dealkylation sites (tertiary alicyclic amines) is 1. The Hall–Kier alpha value is -1.69. The number of piperidine rings is 1. The summed E-state index contributed by atoms with van der Waals surface area (Å²) in [5, 5.41) is 3.36. The molecule has 1 aliphatic heterocycles. The highest BCUT2D eigenvalue weighted by molar-refractivity contribution is 7.17. The summed E-state index contributed by atoms with van der Waals surface area (Å²) >= 11 is 7.50. The largest absolute Gasteiger partial charge is 0.309 e. The van der Waals surface area contributed by atoms with E-state index in [1.807, 2.05) is 29.6 Å². The fourth-order valence-electron chi connectivity index (χ4n) is 4.04. The number of H-pyrrole nitrogens is 1. The van der Waals surface area contributed by atoms with E-state index in [1.54, 1.807) is 0 Å². The molecule has 1 N–H and O–H groups in total. The Morgan fingerprint density at radius 2 is 1.92 bits per heavy atom. The van der Waals surface area contributed by atoms with Crippen LogP contribution in [0.15, 0.2) is 34.4 Å². The highest BCUT2D eigenvalue weighted by Gasteiger charge is 2.23. The van der Waals surface area contributed by atoms with Crippen molar-refractivity contribution in [3.63, 3.8) is 0 Å². The van der Waals surface area contributed by atoms with Gasteiger partial charge in [-0.05, 0) is 36.0 Å². The third-order valence-electron chi connectivity index (χ3n) is 4.97. The summed E-state index contributed by atoms with van der Waals surface area (Å²) in [6, 6.07) is 7.56. The lowest BCUT2D eigenvalue weighted by atomic mass is 9.92. The maximum Gasteiger partial charge on any atom is 0.260 e. The van der Waals surface area contributed by atoms with Crippen molar-refractivity contribution in [3.8, 4) is 11.1 Å². The van der Waals surface area contributed by atoms with Crippen LogP contribution in [-0.2, 0) is 6.54 Å². The summed E-state index contributed by atoms with van der Waals surface area (Å²) in [5.74, 6) is 2.13. The normalized spacial score (nSPS) is 21.3. The smallest absolute Gasteiger partial charge is 0.260 e. The van der Waals surface area contributed by atoms with Crippen LogP contribution in [0.25, 0.3) is 21.3 Å². The molecule has 1 saturated heterocycles. The minimum atomic E-state index is -0.0608. The maximum absolute atomic E-state index is 12.8. The molecule has 136 valence electrons. The molecule has 26 heavy (non-hydrogen) atoms. The van der Waals surface area contributed by atoms with Gasteiger partial charge in [-0.2, -0.15) is 0 Å². The van der Waals surface area contributed by atoms with Gasteiger partial charge in [0.2, 0.25) is 0 Å². The lowest BCUT2D eigenvalue weighted by Gasteiger charge is -2.34. The second kappa shape index (κ2) is 7.14. The number of hydrogen-bond acceptors (Lipinski definition) is 4. The number of aromatic nitrogens is 2. The summed E-state index contributed by atoms with van der Waals surface area (Å²) in [5.41, 5.74) is 1.84. The van der Waals surface area contributed by atoms with E-state index in [9.17, 15) is 4.79 Å². The Bertz CT molecular complexity index is 969. The van der Waals surface area contributed by atoms with Crippen LogP contribution in [0.5, 0.6) is 0 Å². The van der Waals surface area contributed by atoms with Gasteiger partial charge in [-0.25, -0.2) is 4.98 Å². The quantitative estimate of drug-likeness (QED) is 0.703. The number of benzene rings is 1. The van der Waals surface area contributed by atoms with Crippen molar-refractivity contribution in [3.05, 3.63) is 50.8 Å². The molecule has 0 unspecified atom stereocenters. The minimum Gasteiger partial charge on any atom is -0.309 e. The number of aromatic amines is 1. The summed E-state index contributed by atoms with van der Waals surface area (Å²) < 4.78 is 0. The molecule has 0 radical (unpaired) electrons. The predicted molar refractivity (Wildman–Crippen MR) is 109 cm³/mol. The highest BCUT2D eigenvalue weighted by atomic mass is 35.5. The Balaban J connectivity index is 1.66. The SMILES string of the molecule is C[C@@H]1C[C@@H](C)CN(Cc2nc3scc(-c4ccc(Cl)cc4)c3c(=O)[nH]2)C1. The van der Waals surface area contributed by atoms with Crippen LogP contribution in [0, 0.1) is 11.8 Å². The first-order chi connectivity index (χ1) is 12.5. The Morgan fingerprint density at radius 1 is 1.23 bits per heavy atom. The van der Waals surface area contributed by atoms with Crippen molar-refractivity contribution < 1.29 is 0 Å². The lowest BCUT2D eigenvalue weighted by molar-refractivity contribution is 0.131. The van der Waals surface area contributed by atoms with E-state index in [0.717, 1.165) is 34.9 Å². The second-order valence-corrected chi connectivity index (χ2v) is 8.78. The third-order valence-corrected chi connectivity index (χ3v) is 6.09. The zero-order valence-electron chi connectivity index (χ0n) is 15.0. The number of nitrogens with one attached hydrogen (secondary N) is 1. The minimum absolute atomic E-state index is 0.0608. The van der Waals surface area contributed by atoms with Gasteiger partial charge in [0.1, 0.15) is 10.7 Å². The van der Waals surface area contributed by atoms with Gasteiger partial charge >= 0.3 is 0 Å². The molecule has 2 atom stereocenters.